The lowest BCUT2D eigenvalue weighted by molar-refractivity contribution is 0.299. The molecule has 0 atom stereocenters. The Bertz CT molecular complexity index is 135. The Morgan fingerprint density at radius 3 is 2.90 bits per heavy atom. The second-order valence-corrected chi connectivity index (χ2v) is 2.52. The van der Waals surface area contributed by atoms with Crippen molar-refractivity contribution in [3.05, 3.63) is 0 Å². The summed E-state index contributed by atoms with van der Waals surface area (Å²) in [6.07, 6.45) is 4.14. The van der Waals surface area contributed by atoms with E-state index in [0.29, 0.717) is 5.84 Å². The molecule has 0 bridgehead atoms. The van der Waals surface area contributed by atoms with E-state index in [-0.39, 0.29) is 0 Å². The number of rotatable bonds is 0. The molecule has 0 amide bonds. The first-order valence-corrected chi connectivity index (χ1v) is 3.58. The monoisotopic (exact) mass is 143 g/mol. The highest BCUT2D eigenvalue weighted by atomic mass is 16.4. The predicted octanol–water partition coefficient (Wildman–Crippen LogP) is 0.524. The normalized spacial score (nSPS) is 24.9. The number of nitrogens with zero attached hydrogens (tertiary/aromatic N) is 2. The van der Waals surface area contributed by atoms with Crippen LogP contribution in [0.2, 0.25) is 0 Å². The van der Waals surface area contributed by atoms with E-state index in [1.54, 1.807) is 0 Å². The molecule has 1 aliphatic heterocycles. The van der Waals surface area contributed by atoms with Gasteiger partial charge in [0.05, 0.1) is 0 Å². The minimum atomic E-state index is 0.609. The van der Waals surface area contributed by atoms with Gasteiger partial charge in [-0.05, 0) is 12.8 Å². The topological polar surface area (TPSA) is 61.8 Å². The molecule has 0 aliphatic carbocycles. The minimum absolute atomic E-state index is 0.609. The highest BCUT2D eigenvalue weighted by Gasteiger charge is 2.10. The molecule has 1 saturated heterocycles. The van der Waals surface area contributed by atoms with E-state index in [4.69, 9.17) is 11.0 Å². The molecule has 0 radical (unpaired) electrons. The molecule has 0 saturated carbocycles. The van der Waals surface area contributed by atoms with E-state index < -0.39 is 0 Å². The average molecular weight is 143 g/mol. The van der Waals surface area contributed by atoms with Gasteiger partial charge in [-0.25, -0.2) is 5.84 Å². The van der Waals surface area contributed by atoms with Crippen molar-refractivity contribution in [1.82, 2.24) is 5.01 Å². The molecule has 58 valence electrons. The molecule has 4 nitrogen and oxygen atoms in total. The smallest absolute Gasteiger partial charge is 0.158 e. The summed E-state index contributed by atoms with van der Waals surface area (Å²) in [4.78, 5) is 0. The van der Waals surface area contributed by atoms with Crippen molar-refractivity contribution in [3.63, 3.8) is 0 Å². The summed E-state index contributed by atoms with van der Waals surface area (Å²) in [5.41, 5.74) is 0. The van der Waals surface area contributed by atoms with Crippen molar-refractivity contribution in [3.8, 4) is 0 Å². The van der Waals surface area contributed by atoms with Crippen LogP contribution < -0.4 is 5.84 Å². The zero-order valence-electron chi connectivity index (χ0n) is 5.95. The highest BCUT2D eigenvalue weighted by Crippen LogP contribution is 2.08. The Morgan fingerprint density at radius 2 is 2.20 bits per heavy atom. The molecule has 0 aromatic heterocycles. The fraction of sp³-hybridized carbons (Fsp3) is 0.833. The van der Waals surface area contributed by atoms with E-state index in [1.807, 2.05) is 0 Å². The van der Waals surface area contributed by atoms with Crippen molar-refractivity contribution in [1.29, 1.82) is 0 Å². The van der Waals surface area contributed by atoms with E-state index in [0.717, 1.165) is 25.8 Å². The molecule has 0 unspecified atom stereocenters. The van der Waals surface area contributed by atoms with Crippen LogP contribution in [0.3, 0.4) is 0 Å². The van der Waals surface area contributed by atoms with Crippen LogP contribution >= 0.6 is 0 Å². The van der Waals surface area contributed by atoms with Gasteiger partial charge in [0.2, 0.25) is 0 Å². The van der Waals surface area contributed by atoms with Crippen molar-refractivity contribution < 1.29 is 5.21 Å². The van der Waals surface area contributed by atoms with Crippen molar-refractivity contribution in [2.24, 2.45) is 11.0 Å². The first-order valence-electron chi connectivity index (χ1n) is 3.58. The first-order chi connectivity index (χ1) is 4.84. The second-order valence-electron chi connectivity index (χ2n) is 2.52. The first kappa shape index (κ1) is 7.34. The number of oxime groups is 1. The Balaban J connectivity index is 2.52. The third-order valence-corrected chi connectivity index (χ3v) is 1.75. The van der Waals surface area contributed by atoms with Crippen LogP contribution in [0.15, 0.2) is 5.16 Å². The lowest BCUT2D eigenvalue weighted by atomic mass is 10.2. The molecule has 1 rings (SSSR count). The van der Waals surface area contributed by atoms with Crippen molar-refractivity contribution >= 4 is 5.84 Å². The molecule has 1 heterocycles. The zero-order chi connectivity index (χ0) is 7.40. The van der Waals surface area contributed by atoms with Crippen LogP contribution in [-0.2, 0) is 0 Å². The maximum absolute atomic E-state index is 8.45. The van der Waals surface area contributed by atoms with E-state index >= 15 is 0 Å². The van der Waals surface area contributed by atoms with Gasteiger partial charge >= 0.3 is 0 Å². The lowest BCUT2D eigenvalue weighted by Gasteiger charge is -2.14. The Kier molecular flexibility index (Phi) is 2.50. The summed E-state index contributed by atoms with van der Waals surface area (Å²) in [6.45, 7) is 0.805. The Hall–Kier alpha value is -0.770. The molecule has 3 N–H and O–H groups in total. The average Bonchev–Trinajstić information content (AvgIpc) is 2.13. The molecule has 10 heavy (non-hydrogen) atoms. The van der Waals surface area contributed by atoms with Gasteiger partial charge in [0.1, 0.15) is 0 Å². The van der Waals surface area contributed by atoms with Gasteiger partial charge in [0, 0.05) is 13.0 Å². The molecule has 0 aromatic rings. The fourth-order valence-electron chi connectivity index (χ4n) is 1.12. The largest absolute Gasteiger partial charge is 0.409 e. The van der Waals surface area contributed by atoms with Crippen molar-refractivity contribution in [2.45, 2.75) is 25.7 Å². The van der Waals surface area contributed by atoms with Crippen LogP contribution in [0, 0.1) is 0 Å². The summed E-state index contributed by atoms with van der Waals surface area (Å²) in [7, 11) is 0. The molecular weight excluding hydrogens is 130 g/mol. The van der Waals surface area contributed by atoms with Gasteiger partial charge in [-0.3, -0.25) is 5.01 Å². The van der Waals surface area contributed by atoms with E-state index in [9.17, 15) is 0 Å². The second kappa shape index (κ2) is 3.41. The summed E-state index contributed by atoms with van der Waals surface area (Å²) in [5.74, 6) is 6.14. The number of amidine groups is 1. The summed E-state index contributed by atoms with van der Waals surface area (Å²) < 4.78 is 0. The predicted molar refractivity (Wildman–Crippen MR) is 38.6 cm³/mol. The SMILES string of the molecule is NN1CCCCC/C1=N\O. The van der Waals surface area contributed by atoms with Crippen molar-refractivity contribution in [2.75, 3.05) is 6.54 Å². The van der Waals surface area contributed by atoms with Gasteiger partial charge in [0.15, 0.2) is 5.84 Å². The number of hydrogen-bond donors (Lipinski definition) is 2. The minimum Gasteiger partial charge on any atom is -0.409 e. The number of nitrogens with two attached hydrogens (primary N) is 1. The molecule has 0 aromatic carbocycles. The summed E-state index contributed by atoms with van der Waals surface area (Å²) in [6, 6.07) is 0. The van der Waals surface area contributed by atoms with Crippen LogP contribution in [-0.4, -0.2) is 22.6 Å². The maximum atomic E-state index is 8.45. The van der Waals surface area contributed by atoms with Gasteiger partial charge in [-0.1, -0.05) is 11.6 Å². The summed E-state index contributed by atoms with van der Waals surface area (Å²) >= 11 is 0. The zero-order valence-corrected chi connectivity index (χ0v) is 5.95. The Morgan fingerprint density at radius 1 is 1.40 bits per heavy atom. The van der Waals surface area contributed by atoms with Gasteiger partial charge in [-0.2, -0.15) is 0 Å². The van der Waals surface area contributed by atoms with E-state index in [1.165, 1.54) is 11.4 Å². The molecule has 4 heteroatoms. The Labute approximate surface area is 60.3 Å². The van der Waals surface area contributed by atoms with E-state index in [2.05, 4.69) is 5.16 Å². The lowest BCUT2D eigenvalue weighted by Crippen LogP contribution is -2.36. The standard InChI is InChI=1S/C6H13N3O/c7-9-5-3-1-2-4-6(9)8-10/h10H,1-5,7H2/b8-6+. The molecule has 0 spiro atoms. The molecular formula is C6H13N3O. The quantitative estimate of drug-likeness (QED) is 0.295. The van der Waals surface area contributed by atoms with Crippen LogP contribution in [0.5, 0.6) is 0 Å². The number of hydrogen-bond acceptors (Lipinski definition) is 3. The fourth-order valence-corrected chi connectivity index (χ4v) is 1.12. The van der Waals surface area contributed by atoms with Crippen LogP contribution in [0.4, 0.5) is 0 Å². The van der Waals surface area contributed by atoms with Crippen LogP contribution in [0.1, 0.15) is 25.7 Å². The van der Waals surface area contributed by atoms with Gasteiger partial charge in [-0.15, -0.1) is 0 Å². The van der Waals surface area contributed by atoms with Gasteiger partial charge < -0.3 is 5.21 Å². The number of hydrazine groups is 1. The molecule has 1 aliphatic rings. The van der Waals surface area contributed by atoms with Gasteiger partial charge in [0.25, 0.3) is 0 Å². The maximum Gasteiger partial charge on any atom is 0.158 e. The summed E-state index contributed by atoms with van der Waals surface area (Å²) in [5, 5.41) is 13.1. The molecule has 1 fully saturated rings. The van der Waals surface area contributed by atoms with Crippen LogP contribution in [0.25, 0.3) is 0 Å². The third-order valence-electron chi connectivity index (χ3n) is 1.75. The third kappa shape index (κ3) is 1.60. The highest BCUT2D eigenvalue weighted by molar-refractivity contribution is 5.81.